The first-order valence-electron chi connectivity index (χ1n) is 11.2. The van der Waals surface area contributed by atoms with Crippen molar-refractivity contribution in [1.82, 2.24) is 14.9 Å². The zero-order valence-electron chi connectivity index (χ0n) is 18.7. The fourth-order valence-electron chi connectivity index (χ4n) is 4.15. The molecular weight excluding hydrogens is 472 g/mol. The van der Waals surface area contributed by atoms with Gasteiger partial charge in [0.05, 0.1) is 16.1 Å². The number of carbonyl (C=O) groups excluding carboxylic acids is 1. The summed E-state index contributed by atoms with van der Waals surface area (Å²) < 4.78 is 14.3. The smallest absolute Gasteiger partial charge is 0.262 e. The van der Waals surface area contributed by atoms with E-state index in [1.54, 1.807) is 6.33 Å². The normalized spacial score (nSPS) is 15.4. The summed E-state index contributed by atoms with van der Waals surface area (Å²) in [4.78, 5) is 17.0. The van der Waals surface area contributed by atoms with Gasteiger partial charge >= 0.3 is 0 Å². The number of hydrogen-bond acceptors (Lipinski definition) is 6. The van der Waals surface area contributed by atoms with E-state index in [2.05, 4.69) is 10.3 Å². The lowest BCUT2D eigenvalue weighted by Gasteiger charge is -2.25. The Kier molecular flexibility index (Phi) is 6.45. The van der Waals surface area contributed by atoms with E-state index < -0.39 is 12.0 Å². The van der Waals surface area contributed by atoms with E-state index >= 15 is 0 Å². The lowest BCUT2D eigenvalue weighted by atomic mass is 10.1. The number of fused-ring (bicyclic) bond motifs is 1. The fraction of sp³-hybridized carbons (Fsp3) is 0.280. The van der Waals surface area contributed by atoms with Gasteiger partial charge in [0, 0.05) is 11.6 Å². The molecule has 176 valence electrons. The molecule has 1 atom stereocenters. The molecule has 0 saturated carbocycles. The number of piperidine rings is 1. The van der Waals surface area contributed by atoms with Gasteiger partial charge in [-0.2, -0.15) is 0 Å². The summed E-state index contributed by atoms with van der Waals surface area (Å²) >= 11 is 7.99. The number of hydrogen-bond donors (Lipinski definition) is 2. The molecule has 3 N–H and O–H groups in total. The number of imidazole rings is 1. The number of thiophene rings is 1. The number of rotatable bonds is 7. The molecule has 0 bridgehead atoms. The van der Waals surface area contributed by atoms with E-state index in [0.717, 1.165) is 47.5 Å². The maximum Gasteiger partial charge on any atom is 0.262 e. The van der Waals surface area contributed by atoms with Crippen LogP contribution in [0.25, 0.3) is 16.0 Å². The average molecular weight is 497 g/mol. The van der Waals surface area contributed by atoms with Crippen LogP contribution in [0, 0.1) is 0 Å². The molecular formula is C25H25ClN4O3S. The quantitative estimate of drug-likeness (QED) is 0.371. The summed E-state index contributed by atoms with van der Waals surface area (Å²) in [6.45, 7) is 3.76. The lowest BCUT2D eigenvalue weighted by Crippen LogP contribution is -2.34. The second-order valence-electron chi connectivity index (χ2n) is 8.23. The number of nitrogens with two attached hydrogens (primary N) is 1. The molecule has 0 unspecified atom stereocenters. The number of aromatic nitrogens is 2. The van der Waals surface area contributed by atoms with Crippen LogP contribution in [0.1, 0.15) is 41.1 Å². The van der Waals surface area contributed by atoms with Gasteiger partial charge in [-0.15, -0.1) is 11.3 Å². The van der Waals surface area contributed by atoms with E-state index in [4.69, 9.17) is 26.8 Å². The first-order valence-corrected chi connectivity index (χ1v) is 12.4. The SMILES string of the molecule is C[C@@H](Oc1cc(-n2cnc3ccccc32)sc1C(N)=O)c1cccc(OC2CCNCC2)c1Cl. The third kappa shape index (κ3) is 4.49. The Morgan fingerprint density at radius 3 is 2.79 bits per heavy atom. The van der Waals surface area contributed by atoms with Crippen molar-refractivity contribution in [1.29, 1.82) is 0 Å². The number of carbonyl (C=O) groups is 1. The molecule has 2 aromatic carbocycles. The maximum atomic E-state index is 12.2. The van der Waals surface area contributed by atoms with E-state index in [1.165, 1.54) is 11.3 Å². The summed E-state index contributed by atoms with van der Waals surface area (Å²) in [5.74, 6) is 0.517. The van der Waals surface area contributed by atoms with Crippen LogP contribution in [-0.2, 0) is 0 Å². The standard InChI is InChI=1S/C25H25ClN4O3S/c1-15(17-5-4-8-20(23(17)26)33-16-9-11-28-12-10-16)32-21-13-22(34-24(21)25(27)31)30-14-29-18-6-2-3-7-19(18)30/h2-8,13-16,28H,9-12H2,1H3,(H2,27,31)/t15-/m1/s1. The van der Waals surface area contributed by atoms with Crippen molar-refractivity contribution >= 4 is 39.9 Å². The highest BCUT2D eigenvalue weighted by molar-refractivity contribution is 7.16. The van der Waals surface area contributed by atoms with Gasteiger partial charge in [0.1, 0.15) is 39.9 Å². The third-order valence-electron chi connectivity index (χ3n) is 5.91. The Morgan fingerprint density at radius 2 is 2.00 bits per heavy atom. The predicted octanol–water partition coefficient (Wildman–Crippen LogP) is 5.11. The van der Waals surface area contributed by atoms with E-state index in [9.17, 15) is 4.79 Å². The largest absolute Gasteiger partial charge is 0.489 e. The van der Waals surface area contributed by atoms with Gasteiger partial charge in [-0.05, 0) is 51.1 Å². The number of nitrogens with zero attached hydrogens (tertiary/aromatic N) is 2. The van der Waals surface area contributed by atoms with Crippen LogP contribution in [0.5, 0.6) is 11.5 Å². The number of nitrogens with one attached hydrogen (secondary N) is 1. The highest BCUT2D eigenvalue weighted by Gasteiger charge is 2.23. The summed E-state index contributed by atoms with van der Waals surface area (Å²) in [6, 6.07) is 15.3. The van der Waals surface area contributed by atoms with E-state index in [1.807, 2.05) is 60.0 Å². The summed E-state index contributed by atoms with van der Waals surface area (Å²) in [7, 11) is 0. The van der Waals surface area contributed by atoms with E-state index in [-0.39, 0.29) is 6.10 Å². The minimum Gasteiger partial charge on any atom is -0.489 e. The first kappa shape index (κ1) is 22.7. The Hall–Kier alpha value is -3.07. The molecule has 3 heterocycles. The number of para-hydroxylation sites is 2. The van der Waals surface area contributed by atoms with Gasteiger partial charge in [-0.1, -0.05) is 35.9 Å². The van der Waals surface area contributed by atoms with Crippen LogP contribution in [0.2, 0.25) is 5.02 Å². The molecule has 0 radical (unpaired) electrons. The minimum atomic E-state index is -0.544. The van der Waals surface area contributed by atoms with Crippen molar-refractivity contribution in [2.45, 2.75) is 32.0 Å². The molecule has 34 heavy (non-hydrogen) atoms. The summed E-state index contributed by atoms with van der Waals surface area (Å²) in [5.41, 5.74) is 8.26. The molecule has 9 heteroatoms. The number of amides is 1. The van der Waals surface area contributed by atoms with Crippen molar-refractivity contribution < 1.29 is 14.3 Å². The molecule has 4 aromatic rings. The minimum absolute atomic E-state index is 0.135. The van der Waals surface area contributed by atoms with Crippen molar-refractivity contribution in [3.63, 3.8) is 0 Å². The highest BCUT2D eigenvalue weighted by atomic mass is 35.5. The van der Waals surface area contributed by atoms with Crippen molar-refractivity contribution in [3.8, 4) is 16.5 Å². The Bertz CT molecular complexity index is 1330. The number of ether oxygens (including phenoxy) is 2. The zero-order chi connectivity index (χ0) is 23.7. The average Bonchev–Trinajstić information content (AvgIpc) is 3.45. The van der Waals surface area contributed by atoms with Crippen molar-refractivity contribution in [3.05, 3.63) is 70.3 Å². The lowest BCUT2D eigenvalue weighted by molar-refractivity contribution is 0.0998. The third-order valence-corrected chi connectivity index (χ3v) is 7.45. The number of benzene rings is 2. The molecule has 7 nitrogen and oxygen atoms in total. The molecule has 1 fully saturated rings. The molecule has 2 aromatic heterocycles. The van der Waals surface area contributed by atoms with Gasteiger partial charge in [0.15, 0.2) is 0 Å². The molecule has 1 aliphatic heterocycles. The molecule has 5 rings (SSSR count). The molecule has 1 amide bonds. The van der Waals surface area contributed by atoms with Crippen LogP contribution in [0.4, 0.5) is 0 Å². The monoisotopic (exact) mass is 496 g/mol. The maximum absolute atomic E-state index is 12.2. The van der Waals surface area contributed by atoms with Gasteiger partial charge < -0.3 is 20.5 Å². The van der Waals surface area contributed by atoms with E-state index in [0.29, 0.717) is 21.4 Å². The number of halogens is 1. The highest BCUT2D eigenvalue weighted by Crippen LogP contribution is 2.39. The van der Waals surface area contributed by atoms with Gasteiger partial charge in [0.2, 0.25) is 0 Å². The van der Waals surface area contributed by atoms with Crippen molar-refractivity contribution in [2.24, 2.45) is 5.73 Å². The van der Waals surface area contributed by atoms with Crippen molar-refractivity contribution in [2.75, 3.05) is 13.1 Å². The summed E-state index contributed by atoms with van der Waals surface area (Å²) in [5, 5.41) is 4.64. The number of primary amides is 1. The first-order chi connectivity index (χ1) is 16.5. The second kappa shape index (κ2) is 9.66. The van der Waals surface area contributed by atoms with Crippen LogP contribution >= 0.6 is 22.9 Å². The molecule has 0 spiro atoms. The zero-order valence-corrected chi connectivity index (χ0v) is 20.2. The molecule has 0 aliphatic carbocycles. The Labute approximate surface area is 206 Å². The van der Waals surface area contributed by atoms with Crippen LogP contribution in [0.3, 0.4) is 0 Å². The van der Waals surface area contributed by atoms with Gasteiger partial charge in [0.25, 0.3) is 5.91 Å². The second-order valence-corrected chi connectivity index (χ2v) is 9.64. The van der Waals surface area contributed by atoms with Gasteiger partial charge in [-0.3, -0.25) is 9.36 Å². The van der Waals surface area contributed by atoms with Crippen LogP contribution < -0.4 is 20.5 Å². The molecule has 1 aliphatic rings. The fourth-order valence-corrected chi connectivity index (χ4v) is 5.41. The van der Waals surface area contributed by atoms with Crippen LogP contribution in [0.15, 0.2) is 54.9 Å². The Morgan fingerprint density at radius 1 is 1.21 bits per heavy atom. The van der Waals surface area contributed by atoms with Crippen LogP contribution in [-0.4, -0.2) is 34.7 Å². The predicted molar refractivity (Wildman–Crippen MR) is 134 cm³/mol. The molecule has 1 saturated heterocycles. The summed E-state index contributed by atoms with van der Waals surface area (Å²) in [6.07, 6.45) is 3.32. The topological polar surface area (TPSA) is 91.4 Å². The Balaban J connectivity index is 1.42. The van der Waals surface area contributed by atoms with Gasteiger partial charge in [-0.25, -0.2) is 4.98 Å².